The maximum atomic E-state index is 12.3. The second-order valence-electron chi connectivity index (χ2n) is 6.24. The summed E-state index contributed by atoms with van der Waals surface area (Å²) in [6, 6.07) is 25.4. The number of anilines is 3. The lowest BCUT2D eigenvalue weighted by molar-refractivity contribution is -0.114. The quantitative estimate of drug-likeness (QED) is 0.605. The fraction of sp³-hybridized carbons (Fsp3) is 0.136. The number of hydrogen-bond acceptors (Lipinski definition) is 3. The highest BCUT2D eigenvalue weighted by Gasteiger charge is 2.10. The van der Waals surface area contributed by atoms with E-state index in [9.17, 15) is 4.79 Å². The van der Waals surface area contributed by atoms with Crippen LogP contribution < -0.4 is 15.5 Å². The molecule has 27 heavy (non-hydrogen) atoms. The van der Waals surface area contributed by atoms with Gasteiger partial charge in [0.2, 0.25) is 5.91 Å². The zero-order valence-corrected chi connectivity index (χ0v) is 15.9. The standard InChI is InChI=1S/C22H22ClN3O/c1-26(16-17-9-3-2-4-10-17)21-14-8-7-13-20(21)24-15-22(27)25-19-12-6-5-11-18(19)23/h2-14,24H,15-16H2,1H3,(H,25,27). The van der Waals surface area contributed by atoms with Gasteiger partial charge in [-0.25, -0.2) is 0 Å². The molecule has 5 heteroatoms. The van der Waals surface area contributed by atoms with Gasteiger partial charge < -0.3 is 15.5 Å². The van der Waals surface area contributed by atoms with Crippen LogP contribution in [-0.2, 0) is 11.3 Å². The molecule has 0 saturated carbocycles. The first-order valence-corrected chi connectivity index (χ1v) is 9.13. The van der Waals surface area contributed by atoms with E-state index in [-0.39, 0.29) is 12.5 Å². The normalized spacial score (nSPS) is 10.3. The highest BCUT2D eigenvalue weighted by molar-refractivity contribution is 6.33. The molecule has 0 aliphatic carbocycles. The van der Waals surface area contributed by atoms with Crippen LogP contribution in [0.2, 0.25) is 5.02 Å². The third-order valence-electron chi connectivity index (χ3n) is 4.17. The van der Waals surface area contributed by atoms with Crippen molar-refractivity contribution in [1.29, 1.82) is 0 Å². The number of nitrogens with zero attached hydrogens (tertiary/aromatic N) is 1. The van der Waals surface area contributed by atoms with Gasteiger partial charge in [-0.05, 0) is 29.8 Å². The van der Waals surface area contributed by atoms with Crippen molar-refractivity contribution in [2.75, 3.05) is 29.1 Å². The van der Waals surface area contributed by atoms with E-state index >= 15 is 0 Å². The second kappa shape index (κ2) is 9.10. The largest absolute Gasteiger partial charge is 0.374 e. The van der Waals surface area contributed by atoms with E-state index in [1.165, 1.54) is 5.56 Å². The number of halogens is 1. The van der Waals surface area contributed by atoms with Gasteiger partial charge in [-0.3, -0.25) is 4.79 Å². The third-order valence-corrected chi connectivity index (χ3v) is 4.49. The fourth-order valence-electron chi connectivity index (χ4n) is 2.83. The zero-order valence-electron chi connectivity index (χ0n) is 15.2. The van der Waals surface area contributed by atoms with Crippen LogP contribution >= 0.6 is 11.6 Å². The molecule has 0 aromatic heterocycles. The average molecular weight is 380 g/mol. The monoisotopic (exact) mass is 379 g/mol. The molecule has 0 unspecified atom stereocenters. The Labute approximate surface area is 164 Å². The molecule has 138 valence electrons. The molecule has 0 heterocycles. The van der Waals surface area contributed by atoms with Crippen LogP contribution in [0.4, 0.5) is 17.1 Å². The number of nitrogens with one attached hydrogen (secondary N) is 2. The molecule has 0 spiro atoms. The molecular formula is C22H22ClN3O. The lowest BCUT2D eigenvalue weighted by Gasteiger charge is -2.23. The first kappa shape index (κ1) is 18.8. The van der Waals surface area contributed by atoms with Crippen molar-refractivity contribution in [3.63, 3.8) is 0 Å². The Morgan fingerprint density at radius 2 is 1.52 bits per heavy atom. The number of para-hydroxylation sites is 3. The summed E-state index contributed by atoms with van der Waals surface area (Å²) in [5.41, 5.74) is 3.78. The van der Waals surface area contributed by atoms with Crippen LogP contribution in [0.3, 0.4) is 0 Å². The Morgan fingerprint density at radius 1 is 0.889 bits per heavy atom. The first-order chi connectivity index (χ1) is 13.1. The van der Waals surface area contributed by atoms with Crippen molar-refractivity contribution in [2.45, 2.75) is 6.54 Å². The SMILES string of the molecule is CN(Cc1ccccc1)c1ccccc1NCC(=O)Nc1ccccc1Cl. The average Bonchev–Trinajstić information content (AvgIpc) is 2.69. The van der Waals surface area contributed by atoms with Gasteiger partial charge >= 0.3 is 0 Å². The smallest absolute Gasteiger partial charge is 0.243 e. The molecule has 1 amide bonds. The molecular weight excluding hydrogens is 358 g/mol. The van der Waals surface area contributed by atoms with Crippen molar-refractivity contribution in [3.05, 3.63) is 89.4 Å². The summed E-state index contributed by atoms with van der Waals surface area (Å²) in [6.07, 6.45) is 0. The Balaban J connectivity index is 1.63. The molecule has 2 N–H and O–H groups in total. The molecule has 0 radical (unpaired) electrons. The zero-order chi connectivity index (χ0) is 19.1. The van der Waals surface area contributed by atoms with E-state index in [0.29, 0.717) is 10.7 Å². The number of rotatable bonds is 7. The van der Waals surface area contributed by atoms with E-state index in [4.69, 9.17) is 11.6 Å². The highest BCUT2D eigenvalue weighted by Crippen LogP contribution is 2.26. The molecule has 0 bridgehead atoms. The van der Waals surface area contributed by atoms with Gasteiger partial charge in [-0.1, -0.05) is 66.2 Å². The maximum Gasteiger partial charge on any atom is 0.243 e. The molecule has 4 nitrogen and oxygen atoms in total. The maximum absolute atomic E-state index is 12.3. The van der Waals surface area contributed by atoms with Gasteiger partial charge in [0, 0.05) is 13.6 Å². The minimum absolute atomic E-state index is 0.149. The molecule has 0 aliphatic heterocycles. The molecule has 3 rings (SSSR count). The molecule has 0 atom stereocenters. The van der Waals surface area contributed by atoms with Gasteiger partial charge in [0.15, 0.2) is 0 Å². The van der Waals surface area contributed by atoms with Crippen LogP contribution in [0, 0.1) is 0 Å². The number of benzene rings is 3. The Bertz CT molecular complexity index is 899. The Kier molecular flexibility index (Phi) is 6.34. The van der Waals surface area contributed by atoms with Crippen molar-refractivity contribution >= 4 is 34.6 Å². The summed E-state index contributed by atoms with van der Waals surface area (Å²) in [6.45, 7) is 0.937. The van der Waals surface area contributed by atoms with Crippen molar-refractivity contribution in [2.24, 2.45) is 0 Å². The second-order valence-corrected chi connectivity index (χ2v) is 6.65. The van der Waals surface area contributed by atoms with Crippen LogP contribution in [-0.4, -0.2) is 19.5 Å². The molecule has 0 fully saturated rings. The molecule has 3 aromatic rings. The topological polar surface area (TPSA) is 44.4 Å². The van der Waals surface area contributed by atoms with Crippen molar-refractivity contribution < 1.29 is 4.79 Å². The highest BCUT2D eigenvalue weighted by atomic mass is 35.5. The number of carbonyl (C=O) groups is 1. The minimum atomic E-state index is -0.149. The predicted molar refractivity (Wildman–Crippen MR) is 114 cm³/mol. The summed E-state index contributed by atoms with van der Waals surface area (Å²) >= 11 is 6.09. The number of hydrogen-bond donors (Lipinski definition) is 2. The number of carbonyl (C=O) groups excluding carboxylic acids is 1. The molecule has 0 saturated heterocycles. The van der Waals surface area contributed by atoms with Crippen LogP contribution in [0.15, 0.2) is 78.9 Å². The molecule has 3 aromatic carbocycles. The predicted octanol–water partition coefficient (Wildman–Crippen LogP) is 5.03. The summed E-state index contributed by atoms with van der Waals surface area (Å²) in [5.74, 6) is -0.149. The third kappa shape index (κ3) is 5.25. The van der Waals surface area contributed by atoms with Crippen LogP contribution in [0.5, 0.6) is 0 Å². The molecule has 0 aliphatic rings. The fourth-order valence-corrected chi connectivity index (χ4v) is 3.01. The Hall–Kier alpha value is -2.98. The van der Waals surface area contributed by atoms with Crippen molar-refractivity contribution in [3.8, 4) is 0 Å². The lowest BCUT2D eigenvalue weighted by atomic mass is 10.2. The lowest BCUT2D eigenvalue weighted by Crippen LogP contribution is -2.23. The van der Waals surface area contributed by atoms with Gasteiger partial charge in [-0.2, -0.15) is 0 Å². The van der Waals surface area contributed by atoms with E-state index in [1.807, 2.05) is 61.6 Å². The summed E-state index contributed by atoms with van der Waals surface area (Å²) in [5, 5.41) is 6.57. The van der Waals surface area contributed by atoms with Crippen LogP contribution in [0.1, 0.15) is 5.56 Å². The van der Waals surface area contributed by atoms with E-state index in [2.05, 4.69) is 27.7 Å². The van der Waals surface area contributed by atoms with Gasteiger partial charge in [0.1, 0.15) is 0 Å². The van der Waals surface area contributed by atoms with Gasteiger partial charge in [0.05, 0.1) is 28.6 Å². The van der Waals surface area contributed by atoms with Gasteiger partial charge in [-0.15, -0.1) is 0 Å². The van der Waals surface area contributed by atoms with E-state index in [1.54, 1.807) is 12.1 Å². The van der Waals surface area contributed by atoms with E-state index < -0.39 is 0 Å². The van der Waals surface area contributed by atoms with Gasteiger partial charge in [0.25, 0.3) is 0 Å². The van der Waals surface area contributed by atoms with Crippen molar-refractivity contribution in [1.82, 2.24) is 0 Å². The Morgan fingerprint density at radius 3 is 2.26 bits per heavy atom. The first-order valence-electron chi connectivity index (χ1n) is 8.76. The summed E-state index contributed by atoms with van der Waals surface area (Å²) in [7, 11) is 2.04. The van der Waals surface area contributed by atoms with E-state index in [0.717, 1.165) is 17.9 Å². The minimum Gasteiger partial charge on any atom is -0.374 e. The van der Waals surface area contributed by atoms with Crippen LogP contribution in [0.25, 0.3) is 0 Å². The summed E-state index contributed by atoms with van der Waals surface area (Å²) < 4.78 is 0. The number of amides is 1. The summed E-state index contributed by atoms with van der Waals surface area (Å²) in [4.78, 5) is 14.4.